The average Bonchev–Trinajstić information content (AvgIpc) is 3.15. The lowest BCUT2D eigenvalue weighted by atomic mass is 10.3. The lowest BCUT2D eigenvalue weighted by molar-refractivity contribution is -0.129. The Morgan fingerprint density at radius 1 is 1.03 bits per heavy atom. The van der Waals surface area contributed by atoms with Gasteiger partial charge in [0.05, 0.1) is 19.4 Å². The maximum absolute atomic E-state index is 12.9. The molecule has 1 aliphatic rings. The number of anilines is 1. The van der Waals surface area contributed by atoms with Crippen molar-refractivity contribution in [3.8, 4) is 0 Å². The van der Waals surface area contributed by atoms with Crippen LogP contribution in [0.1, 0.15) is 17.0 Å². The molecule has 0 aliphatic carbocycles. The molecule has 0 atom stereocenters. The Bertz CT molecular complexity index is 839. The van der Waals surface area contributed by atoms with Crippen LogP contribution < -0.4 is 10.6 Å². The van der Waals surface area contributed by atoms with Crippen LogP contribution in [0.3, 0.4) is 0 Å². The molecule has 0 bridgehead atoms. The molecule has 1 aliphatic heterocycles. The van der Waals surface area contributed by atoms with Gasteiger partial charge >= 0.3 is 0 Å². The number of hydrogen-bond donors (Lipinski definition) is 2. The number of benzene rings is 1. The van der Waals surface area contributed by atoms with Gasteiger partial charge in [-0.25, -0.2) is 4.39 Å². The topological polar surface area (TPSA) is 94.9 Å². The highest BCUT2D eigenvalue weighted by atomic mass is 19.1. The number of nitrogens with one attached hydrogen (secondary N) is 2. The predicted octanol–water partition coefficient (Wildman–Crippen LogP) is 1.32. The molecule has 0 radical (unpaired) electrons. The van der Waals surface area contributed by atoms with Crippen molar-refractivity contribution in [3.63, 3.8) is 0 Å². The van der Waals surface area contributed by atoms with Gasteiger partial charge in [0, 0.05) is 31.9 Å². The van der Waals surface area contributed by atoms with E-state index >= 15 is 0 Å². The number of hydrogen-bond acceptors (Lipinski definition) is 5. The van der Waals surface area contributed by atoms with Gasteiger partial charge in [-0.3, -0.25) is 19.3 Å². The Balaban J connectivity index is 1.42. The Kier molecular flexibility index (Phi) is 6.96. The summed E-state index contributed by atoms with van der Waals surface area (Å²) in [4.78, 5) is 40.1. The molecule has 3 amide bonds. The van der Waals surface area contributed by atoms with Gasteiger partial charge in [-0.1, -0.05) is 0 Å². The van der Waals surface area contributed by atoms with Crippen LogP contribution in [0.25, 0.3) is 0 Å². The van der Waals surface area contributed by atoms with Crippen molar-refractivity contribution in [2.24, 2.45) is 0 Å². The molecule has 29 heavy (non-hydrogen) atoms. The van der Waals surface area contributed by atoms with E-state index in [9.17, 15) is 18.8 Å². The zero-order chi connectivity index (χ0) is 20.6. The summed E-state index contributed by atoms with van der Waals surface area (Å²) in [6.07, 6.45) is 2.12. The summed E-state index contributed by atoms with van der Waals surface area (Å²) in [6, 6.07) is 8.72. The first-order chi connectivity index (χ1) is 14.0. The zero-order valence-electron chi connectivity index (χ0n) is 15.9. The minimum atomic E-state index is -0.433. The van der Waals surface area contributed by atoms with Crippen molar-refractivity contribution in [1.82, 2.24) is 15.1 Å². The normalized spacial score (nSPS) is 14.9. The molecule has 0 saturated carbocycles. The third-order valence-corrected chi connectivity index (χ3v) is 4.58. The maximum atomic E-state index is 12.9. The second kappa shape index (κ2) is 9.83. The average molecular weight is 402 g/mol. The fraction of sp³-hybridized carbons (Fsp3) is 0.350. The van der Waals surface area contributed by atoms with Crippen molar-refractivity contribution in [2.75, 3.05) is 44.6 Å². The van der Waals surface area contributed by atoms with Gasteiger partial charge in [-0.05, 0) is 42.8 Å². The van der Waals surface area contributed by atoms with Gasteiger partial charge in [0.2, 0.25) is 11.8 Å². The smallest absolute Gasteiger partial charge is 0.287 e. The molecule has 1 fully saturated rings. The van der Waals surface area contributed by atoms with E-state index in [1.807, 2.05) is 4.90 Å². The lowest BCUT2D eigenvalue weighted by Crippen LogP contribution is -2.42. The molecule has 3 rings (SSSR count). The van der Waals surface area contributed by atoms with Crippen LogP contribution in [0.15, 0.2) is 47.1 Å². The van der Waals surface area contributed by atoms with E-state index in [2.05, 4.69) is 10.6 Å². The van der Waals surface area contributed by atoms with Gasteiger partial charge in [0.15, 0.2) is 5.76 Å². The van der Waals surface area contributed by atoms with Crippen LogP contribution in [0, 0.1) is 5.82 Å². The van der Waals surface area contributed by atoms with Crippen molar-refractivity contribution >= 4 is 23.4 Å². The maximum Gasteiger partial charge on any atom is 0.287 e. The highest BCUT2D eigenvalue weighted by molar-refractivity contribution is 5.94. The van der Waals surface area contributed by atoms with Crippen LogP contribution in [0.2, 0.25) is 0 Å². The molecule has 9 heteroatoms. The van der Waals surface area contributed by atoms with E-state index in [-0.39, 0.29) is 36.5 Å². The Morgan fingerprint density at radius 2 is 1.83 bits per heavy atom. The summed E-state index contributed by atoms with van der Waals surface area (Å²) in [6.45, 7) is 2.35. The molecule has 154 valence electrons. The van der Waals surface area contributed by atoms with E-state index in [1.165, 1.54) is 36.6 Å². The SMILES string of the molecule is O=C(CN1CCCN(C(=O)CNC(=O)c2ccco2)CC1)Nc1ccc(F)cc1. The number of halogens is 1. The Hall–Kier alpha value is -3.20. The quantitative estimate of drug-likeness (QED) is 0.760. The molecule has 2 aromatic rings. The molecule has 1 saturated heterocycles. The summed E-state index contributed by atoms with van der Waals surface area (Å²) in [7, 11) is 0. The van der Waals surface area contributed by atoms with Crippen molar-refractivity contribution in [2.45, 2.75) is 6.42 Å². The van der Waals surface area contributed by atoms with Crippen molar-refractivity contribution < 1.29 is 23.2 Å². The monoisotopic (exact) mass is 402 g/mol. The van der Waals surface area contributed by atoms with Crippen LogP contribution in [0.4, 0.5) is 10.1 Å². The van der Waals surface area contributed by atoms with Crippen LogP contribution in [0.5, 0.6) is 0 Å². The van der Waals surface area contributed by atoms with Crippen LogP contribution >= 0.6 is 0 Å². The fourth-order valence-electron chi connectivity index (χ4n) is 3.08. The van der Waals surface area contributed by atoms with Gasteiger partial charge in [0.1, 0.15) is 5.82 Å². The largest absolute Gasteiger partial charge is 0.459 e. The molecule has 2 heterocycles. The Morgan fingerprint density at radius 3 is 2.55 bits per heavy atom. The molecule has 0 spiro atoms. The molecule has 2 N–H and O–H groups in total. The van der Waals surface area contributed by atoms with Crippen LogP contribution in [-0.2, 0) is 9.59 Å². The fourth-order valence-corrected chi connectivity index (χ4v) is 3.08. The standard InChI is InChI=1S/C20H23FN4O4/c21-15-4-6-16(7-5-15)23-18(26)14-24-8-2-9-25(11-10-24)19(27)13-22-20(28)17-3-1-12-29-17/h1,3-7,12H,2,8-11,13-14H2,(H,22,28)(H,23,26). The van der Waals surface area contributed by atoms with Crippen molar-refractivity contribution in [1.29, 1.82) is 0 Å². The van der Waals surface area contributed by atoms with Gasteiger partial charge in [-0.2, -0.15) is 0 Å². The highest BCUT2D eigenvalue weighted by Crippen LogP contribution is 2.09. The molecule has 1 aromatic heterocycles. The first-order valence-electron chi connectivity index (χ1n) is 9.38. The molecular weight excluding hydrogens is 379 g/mol. The number of furan rings is 1. The first kappa shape index (κ1) is 20.5. The van der Waals surface area contributed by atoms with Crippen molar-refractivity contribution in [3.05, 3.63) is 54.2 Å². The number of nitrogens with zero attached hydrogens (tertiary/aromatic N) is 2. The molecule has 8 nitrogen and oxygen atoms in total. The van der Waals surface area contributed by atoms with Gasteiger partial charge in [0.25, 0.3) is 5.91 Å². The minimum Gasteiger partial charge on any atom is -0.459 e. The number of rotatable bonds is 6. The second-order valence-corrected chi connectivity index (χ2v) is 6.73. The van der Waals surface area contributed by atoms with E-state index in [0.29, 0.717) is 31.9 Å². The predicted molar refractivity (Wildman–Crippen MR) is 104 cm³/mol. The van der Waals surface area contributed by atoms with Gasteiger partial charge < -0.3 is 20.0 Å². The summed E-state index contributed by atoms with van der Waals surface area (Å²) in [5, 5.41) is 5.28. The summed E-state index contributed by atoms with van der Waals surface area (Å²) < 4.78 is 17.9. The second-order valence-electron chi connectivity index (χ2n) is 6.73. The summed E-state index contributed by atoms with van der Waals surface area (Å²) >= 11 is 0. The van der Waals surface area contributed by atoms with Gasteiger partial charge in [-0.15, -0.1) is 0 Å². The highest BCUT2D eigenvalue weighted by Gasteiger charge is 2.21. The first-order valence-corrected chi connectivity index (χ1v) is 9.38. The van der Waals surface area contributed by atoms with E-state index < -0.39 is 5.91 Å². The summed E-state index contributed by atoms with van der Waals surface area (Å²) in [5.74, 6) is -1.01. The molecule has 1 aromatic carbocycles. The zero-order valence-corrected chi connectivity index (χ0v) is 15.9. The third kappa shape index (κ3) is 6.15. The van der Waals surface area contributed by atoms with E-state index in [1.54, 1.807) is 11.0 Å². The third-order valence-electron chi connectivity index (χ3n) is 4.58. The minimum absolute atomic E-state index is 0.107. The molecular formula is C20H23FN4O4. The number of carbonyl (C=O) groups is 3. The van der Waals surface area contributed by atoms with E-state index in [4.69, 9.17) is 4.42 Å². The van der Waals surface area contributed by atoms with Crippen LogP contribution in [-0.4, -0.2) is 66.8 Å². The number of carbonyl (C=O) groups excluding carboxylic acids is 3. The molecule has 0 unspecified atom stereocenters. The van der Waals surface area contributed by atoms with E-state index in [0.717, 1.165) is 6.42 Å². The number of amides is 3. The lowest BCUT2D eigenvalue weighted by Gasteiger charge is -2.22. The Labute approximate surface area is 167 Å². The summed E-state index contributed by atoms with van der Waals surface area (Å²) in [5.41, 5.74) is 0.537.